The third-order valence-electron chi connectivity index (χ3n) is 3.66. The fourth-order valence-corrected chi connectivity index (χ4v) is 2.47. The van der Waals surface area contributed by atoms with Gasteiger partial charge in [0, 0.05) is 24.6 Å². The Morgan fingerprint density at radius 1 is 1.07 bits per heavy atom. The maximum atomic E-state index is 13.8. The van der Waals surface area contributed by atoms with Gasteiger partial charge >= 0.3 is 18.3 Å². The number of ether oxygens (including phenoxy) is 1. The molecular weight excluding hydrogens is 423 g/mol. The first-order valence-corrected chi connectivity index (χ1v) is 8.36. The number of alkyl halides is 6. The Morgan fingerprint density at radius 2 is 1.63 bits per heavy atom. The molecule has 2 aromatic rings. The molecule has 2 aromatic carbocycles. The van der Waals surface area contributed by atoms with Crippen molar-refractivity contribution in [2.75, 3.05) is 6.61 Å². The molecule has 30 heavy (non-hydrogen) atoms. The van der Waals surface area contributed by atoms with Crippen LogP contribution in [-0.2, 0) is 28.4 Å². The Balaban J connectivity index is 0.000000656. The third kappa shape index (κ3) is 6.34. The zero-order valence-corrected chi connectivity index (χ0v) is 15.8. The van der Waals surface area contributed by atoms with E-state index >= 15 is 0 Å². The summed E-state index contributed by atoms with van der Waals surface area (Å²) in [6.45, 7) is 3.00. The highest BCUT2D eigenvalue weighted by Crippen LogP contribution is 2.44. The van der Waals surface area contributed by atoms with Gasteiger partial charge in [-0.15, -0.1) is 0 Å². The summed E-state index contributed by atoms with van der Waals surface area (Å²) in [5.41, 5.74) is -0.0305. The van der Waals surface area contributed by atoms with Crippen LogP contribution in [0.15, 0.2) is 30.3 Å². The number of carbonyl (C=O) groups is 1. The lowest BCUT2D eigenvalue weighted by atomic mass is 9.94. The third-order valence-corrected chi connectivity index (χ3v) is 3.66. The topological polar surface area (TPSA) is 72.5 Å². The molecule has 0 fully saturated rings. The Labute approximate surface area is 167 Å². The van der Waals surface area contributed by atoms with E-state index < -0.39 is 58.3 Å². The van der Waals surface area contributed by atoms with Crippen LogP contribution in [0.4, 0.5) is 30.7 Å². The number of benzene rings is 2. The number of hydrogen-bond acceptors (Lipinski definition) is 4. The van der Waals surface area contributed by atoms with Crippen LogP contribution in [0.5, 0.6) is 5.75 Å². The van der Waals surface area contributed by atoms with E-state index in [4.69, 9.17) is 5.73 Å². The normalized spacial score (nSPS) is 11.5. The zero-order valence-electron chi connectivity index (χ0n) is 15.8. The second-order valence-corrected chi connectivity index (χ2v) is 5.82. The second-order valence-electron chi connectivity index (χ2n) is 5.82. The summed E-state index contributed by atoms with van der Waals surface area (Å²) < 4.78 is 96.2. The van der Waals surface area contributed by atoms with Crippen molar-refractivity contribution in [3.63, 3.8) is 0 Å². The van der Waals surface area contributed by atoms with E-state index in [1.165, 1.54) is 6.92 Å². The van der Waals surface area contributed by atoms with Gasteiger partial charge in [0.1, 0.15) is 11.6 Å². The molecule has 166 valence electrons. The van der Waals surface area contributed by atoms with Crippen LogP contribution < -0.4 is 5.73 Å². The van der Waals surface area contributed by atoms with Crippen molar-refractivity contribution in [3.8, 4) is 16.9 Å². The highest BCUT2D eigenvalue weighted by molar-refractivity contribution is 5.75. The number of phenols is 1. The van der Waals surface area contributed by atoms with Crippen LogP contribution >= 0.6 is 0 Å². The molecule has 2 rings (SSSR count). The van der Waals surface area contributed by atoms with Gasteiger partial charge in [0.25, 0.3) is 0 Å². The quantitative estimate of drug-likeness (QED) is 0.503. The molecule has 0 aliphatic carbocycles. The van der Waals surface area contributed by atoms with Crippen LogP contribution in [-0.4, -0.2) is 17.7 Å². The molecule has 11 heteroatoms. The lowest BCUT2D eigenvalue weighted by molar-refractivity contribution is -0.141. The maximum Gasteiger partial charge on any atom is 0.419 e. The van der Waals surface area contributed by atoms with Crippen molar-refractivity contribution in [3.05, 3.63) is 52.8 Å². The molecule has 0 saturated heterocycles. The SMILES string of the molecule is CCOC(C)=O.NCc1cc(-c2c(O)cccc2C(F)(F)F)cc(C(F)(F)F)c1F. The molecule has 0 saturated carbocycles. The number of rotatable bonds is 3. The molecule has 0 radical (unpaired) electrons. The van der Waals surface area contributed by atoms with Gasteiger partial charge in [-0.1, -0.05) is 6.07 Å². The van der Waals surface area contributed by atoms with E-state index in [-0.39, 0.29) is 12.0 Å². The monoisotopic (exact) mass is 441 g/mol. The summed E-state index contributed by atoms with van der Waals surface area (Å²) >= 11 is 0. The number of nitrogens with two attached hydrogens (primary N) is 1. The maximum absolute atomic E-state index is 13.8. The van der Waals surface area contributed by atoms with E-state index in [9.17, 15) is 40.6 Å². The van der Waals surface area contributed by atoms with E-state index in [0.717, 1.165) is 18.2 Å². The lowest BCUT2D eigenvalue weighted by Gasteiger charge is -2.18. The average Bonchev–Trinajstić information content (AvgIpc) is 2.60. The summed E-state index contributed by atoms with van der Waals surface area (Å²) in [5, 5.41) is 9.73. The summed E-state index contributed by atoms with van der Waals surface area (Å²) in [6, 6.07) is 3.38. The summed E-state index contributed by atoms with van der Waals surface area (Å²) in [5.74, 6) is -2.75. The lowest BCUT2D eigenvalue weighted by Crippen LogP contribution is -2.13. The molecule has 0 aromatic heterocycles. The zero-order chi connectivity index (χ0) is 23.3. The fraction of sp³-hybridized carbons (Fsp3) is 0.316. The molecule has 4 nitrogen and oxygen atoms in total. The van der Waals surface area contributed by atoms with E-state index in [2.05, 4.69) is 4.74 Å². The first kappa shape index (κ1) is 25.2. The van der Waals surface area contributed by atoms with Crippen LogP contribution in [0.3, 0.4) is 0 Å². The van der Waals surface area contributed by atoms with Crippen molar-refractivity contribution in [2.24, 2.45) is 5.73 Å². The van der Waals surface area contributed by atoms with Crippen LogP contribution in [0, 0.1) is 5.82 Å². The van der Waals surface area contributed by atoms with Gasteiger partial charge in [-0.05, 0) is 36.8 Å². The van der Waals surface area contributed by atoms with Crippen molar-refractivity contribution in [2.45, 2.75) is 32.7 Å². The number of halogens is 7. The van der Waals surface area contributed by atoms with E-state index in [1.54, 1.807) is 6.92 Å². The molecule has 0 bridgehead atoms. The number of aromatic hydroxyl groups is 1. The molecule has 3 N–H and O–H groups in total. The smallest absolute Gasteiger partial charge is 0.419 e. The minimum atomic E-state index is -5.13. The molecule has 0 aliphatic rings. The van der Waals surface area contributed by atoms with Gasteiger partial charge in [0.15, 0.2) is 0 Å². The molecule has 0 atom stereocenters. The van der Waals surface area contributed by atoms with Gasteiger partial charge in [0.2, 0.25) is 0 Å². The van der Waals surface area contributed by atoms with Crippen molar-refractivity contribution in [1.29, 1.82) is 0 Å². The number of phenolic OH excluding ortho intramolecular Hbond substituents is 1. The average molecular weight is 441 g/mol. The summed E-state index contributed by atoms with van der Waals surface area (Å²) in [4.78, 5) is 9.82. The fourth-order valence-electron chi connectivity index (χ4n) is 2.47. The number of esters is 1. The number of hydrogen-bond donors (Lipinski definition) is 2. The largest absolute Gasteiger partial charge is 0.507 e. The van der Waals surface area contributed by atoms with Gasteiger partial charge in [0.05, 0.1) is 17.7 Å². The minimum absolute atomic E-state index is 0.211. The van der Waals surface area contributed by atoms with Gasteiger partial charge in [-0.3, -0.25) is 4.79 Å². The summed E-state index contributed by atoms with van der Waals surface area (Å²) in [6.07, 6.45) is -10.1. The molecular formula is C19H18F7NO3. The van der Waals surface area contributed by atoms with Crippen molar-refractivity contribution >= 4 is 5.97 Å². The molecule has 0 amide bonds. The molecule has 0 unspecified atom stereocenters. The Hall–Kier alpha value is -2.82. The van der Waals surface area contributed by atoms with Crippen LogP contribution in [0.25, 0.3) is 11.1 Å². The standard InChI is InChI=1S/C15H10F7NO.C4H8O2/c16-13-8(6-23)4-7(5-10(13)15(20,21)22)12-9(14(17,18)19)2-1-3-11(12)24;1-3-6-4(2)5/h1-5,24H,6,23H2;3H2,1-2H3. The van der Waals surface area contributed by atoms with E-state index in [1.807, 2.05) is 0 Å². The van der Waals surface area contributed by atoms with Gasteiger partial charge in [-0.2, -0.15) is 26.3 Å². The molecule has 0 aliphatic heterocycles. The predicted octanol–water partition coefficient (Wildman–Crippen LogP) is 5.26. The first-order chi connectivity index (χ1) is 13.7. The Bertz CT molecular complexity index is 893. The summed E-state index contributed by atoms with van der Waals surface area (Å²) in [7, 11) is 0. The van der Waals surface area contributed by atoms with Crippen molar-refractivity contribution < 1.29 is 45.4 Å². The predicted molar refractivity (Wildman–Crippen MR) is 93.7 cm³/mol. The van der Waals surface area contributed by atoms with Crippen LogP contribution in [0.2, 0.25) is 0 Å². The molecule has 0 spiro atoms. The minimum Gasteiger partial charge on any atom is -0.507 e. The number of carbonyl (C=O) groups excluding carboxylic acids is 1. The Kier molecular flexibility index (Phi) is 8.23. The highest BCUT2D eigenvalue weighted by Gasteiger charge is 2.38. The van der Waals surface area contributed by atoms with Gasteiger partial charge < -0.3 is 15.6 Å². The van der Waals surface area contributed by atoms with Crippen molar-refractivity contribution in [1.82, 2.24) is 0 Å². The highest BCUT2D eigenvalue weighted by atomic mass is 19.4. The first-order valence-electron chi connectivity index (χ1n) is 8.36. The van der Waals surface area contributed by atoms with Gasteiger partial charge in [-0.25, -0.2) is 4.39 Å². The Morgan fingerprint density at radius 3 is 2.03 bits per heavy atom. The molecule has 0 heterocycles. The van der Waals surface area contributed by atoms with Crippen LogP contribution in [0.1, 0.15) is 30.5 Å². The second kappa shape index (κ2) is 9.79. The van der Waals surface area contributed by atoms with E-state index in [0.29, 0.717) is 12.7 Å².